The van der Waals surface area contributed by atoms with E-state index in [1.807, 2.05) is 12.1 Å². The van der Waals surface area contributed by atoms with Gasteiger partial charge in [-0.2, -0.15) is 0 Å². The third kappa shape index (κ3) is 3.03. The molecule has 0 amide bonds. The van der Waals surface area contributed by atoms with Crippen LogP contribution in [-0.4, -0.2) is 0 Å². The van der Waals surface area contributed by atoms with E-state index >= 15 is 0 Å². The van der Waals surface area contributed by atoms with Gasteiger partial charge in [-0.15, -0.1) is 0 Å². The van der Waals surface area contributed by atoms with Gasteiger partial charge in [-0.3, -0.25) is 0 Å². The summed E-state index contributed by atoms with van der Waals surface area (Å²) in [6, 6.07) is 9.34. The summed E-state index contributed by atoms with van der Waals surface area (Å²) in [5.74, 6) is -1.70. The van der Waals surface area contributed by atoms with Crippen LogP contribution in [0.5, 0.6) is 0 Å². The number of benzene rings is 2. The summed E-state index contributed by atoms with van der Waals surface area (Å²) >= 11 is 11.6. The summed E-state index contributed by atoms with van der Waals surface area (Å²) in [5, 5.41) is 0.609. The highest BCUT2D eigenvalue weighted by atomic mass is 127. The monoisotopic (exact) mass is 442 g/mol. The van der Waals surface area contributed by atoms with Crippen molar-refractivity contribution in [2.75, 3.05) is 0 Å². The molecular weight excluding hydrogens is 436 g/mol. The van der Waals surface area contributed by atoms with Crippen LogP contribution in [0.4, 0.5) is 8.78 Å². The van der Waals surface area contributed by atoms with E-state index in [-0.39, 0.29) is 4.83 Å². The van der Waals surface area contributed by atoms with E-state index in [9.17, 15) is 8.78 Å². The molecule has 0 saturated heterocycles. The predicted molar refractivity (Wildman–Crippen MR) is 81.3 cm³/mol. The van der Waals surface area contributed by atoms with Gasteiger partial charge in [0.2, 0.25) is 0 Å². The molecule has 1 unspecified atom stereocenters. The van der Waals surface area contributed by atoms with E-state index in [1.54, 1.807) is 12.1 Å². The highest BCUT2D eigenvalue weighted by Crippen LogP contribution is 2.35. The van der Waals surface area contributed by atoms with Crippen LogP contribution >= 0.6 is 50.1 Å². The molecule has 2 aromatic rings. The lowest BCUT2D eigenvalue weighted by atomic mass is 10.0. The van der Waals surface area contributed by atoms with Crippen molar-refractivity contribution in [3.8, 4) is 0 Å². The normalized spacial score (nSPS) is 12.5. The number of hydrogen-bond acceptors (Lipinski definition) is 0. The van der Waals surface area contributed by atoms with Crippen LogP contribution < -0.4 is 0 Å². The fraction of sp³-hybridized carbons (Fsp3) is 0.0769. The molecular formula is C13H7BrClF2I. The predicted octanol–water partition coefficient (Wildman–Crippen LogP) is 5.71. The maximum absolute atomic E-state index is 13.2. The Bertz CT molecular complexity index is 589. The molecule has 5 heteroatoms. The smallest absolute Gasteiger partial charge is 0.159 e. The second-order valence-corrected chi connectivity index (χ2v) is 6.22. The number of hydrogen-bond donors (Lipinski definition) is 0. The van der Waals surface area contributed by atoms with Gasteiger partial charge in [-0.05, 0) is 64.0 Å². The highest BCUT2D eigenvalue weighted by Gasteiger charge is 2.15. The van der Waals surface area contributed by atoms with Crippen LogP contribution in [-0.2, 0) is 0 Å². The van der Waals surface area contributed by atoms with Gasteiger partial charge in [0.15, 0.2) is 11.6 Å². The van der Waals surface area contributed by atoms with Crippen molar-refractivity contribution < 1.29 is 8.78 Å². The van der Waals surface area contributed by atoms with Crippen LogP contribution in [0.3, 0.4) is 0 Å². The minimum atomic E-state index is -0.853. The summed E-state index contributed by atoms with van der Waals surface area (Å²) in [6.07, 6.45) is 0. The van der Waals surface area contributed by atoms with Gasteiger partial charge in [0.1, 0.15) is 0 Å². The van der Waals surface area contributed by atoms with Gasteiger partial charge in [0.05, 0.1) is 4.83 Å². The zero-order valence-corrected chi connectivity index (χ0v) is 13.4. The SMILES string of the molecule is Fc1ccc(C(Br)c2cc(Cl)ccc2I)cc1F. The van der Waals surface area contributed by atoms with E-state index in [0.29, 0.717) is 10.6 Å². The van der Waals surface area contributed by atoms with E-state index in [2.05, 4.69) is 38.5 Å². The molecule has 0 bridgehead atoms. The van der Waals surface area contributed by atoms with Crippen LogP contribution in [0, 0.1) is 15.2 Å². The van der Waals surface area contributed by atoms with Crippen molar-refractivity contribution in [2.45, 2.75) is 4.83 Å². The third-order valence-electron chi connectivity index (χ3n) is 2.47. The van der Waals surface area contributed by atoms with Crippen molar-refractivity contribution in [3.63, 3.8) is 0 Å². The summed E-state index contributed by atoms with van der Waals surface area (Å²) in [5.41, 5.74) is 1.57. The molecule has 0 radical (unpaired) electrons. The van der Waals surface area contributed by atoms with E-state index < -0.39 is 11.6 Å². The first-order chi connectivity index (χ1) is 8.49. The lowest BCUT2D eigenvalue weighted by molar-refractivity contribution is 0.507. The summed E-state index contributed by atoms with van der Waals surface area (Å²) < 4.78 is 27.1. The Kier molecular flexibility index (Phi) is 4.61. The molecule has 94 valence electrons. The first kappa shape index (κ1) is 14.2. The Morgan fingerprint density at radius 3 is 2.44 bits per heavy atom. The quantitative estimate of drug-likeness (QED) is 0.412. The van der Waals surface area contributed by atoms with E-state index in [4.69, 9.17) is 11.6 Å². The third-order valence-corrected chi connectivity index (χ3v) is 4.71. The Balaban J connectivity index is 2.44. The zero-order chi connectivity index (χ0) is 13.3. The van der Waals surface area contributed by atoms with E-state index in [0.717, 1.165) is 15.2 Å². The van der Waals surface area contributed by atoms with Gasteiger partial charge in [0.25, 0.3) is 0 Å². The Hall–Kier alpha value is -0.200. The first-order valence-corrected chi connectivity index (χ1v) is 7.40. The van der Waals surface area contributed by atoms with E-state index in [1.165, 1.54) is 6.07 Å². The van der Waals surface area contributed by atoms with Crippen molar-refractivity contribution in [1.82, 2.24) is 0 Å². The summed E-state index contributed by atoms with van der Waals surface area (Å²) in [6.45, 7) is 0. The van der Waals surface area contributed by atoms with Crippen LogP contribution in [0.1, 0.15) is 16.0 Å². The molecule has 0 saturated carbocycles. The molecule has 0 aliphatic rings. The maximum atomic E-state index is 13.2. The molecule has 0 heterocycles. The number of alkyl halides is 1. The second kappa shape index (κ2) is 5.84. The molecule has 0 spiro atoms. The average Bonchev–Trinajstić information content (AvgIpc) is 2.35. The minimum absolute atomic E-state index is 0.224. The molecule has 0 N–H and O–H groups in total. The Morgan fingerprint density at radius 2 is 1.78 bits per heavy atom. The molecule has 0 aromatic heterocycles. The van der Waals surface area contributed by atoms with Gasteiger partial charge in [-0.25, -0.2) is 8.78 Å². The lowest BCUT2D eigenvalue weighted by Crippen LogP contribution is -1.97. The molecule has 18 heavy (non-hydrogen) atoms. The van der Waals surface area contributed by atoms with Crippen molar-refractivity contribution in [2.24, 2.45) is 0 Å². The van der Waals surface area contributed by atoms with Crippen LogP contribution in [0.25, 0.3) is 0 Å². The van der Waals surface area contributed by atoms with Crippen LogP contribution in [0.15, 0.2) is 36.4 Å². The standard InChI is InChI=1S/C13H7BrClF2I/c14-13(7-1-3-10(16)11(17)5-7)9-6-8(15)2-4-12(9)18/h1-6,13H. The van der Waals surface area contributed by atoms with Gasteiger partial charge < -0.3 is 0 Å². The zero-order valence-electron chi connectivity index (χ0n) is 8.93. The number of halogens is 5. The number of rotatable bonds is 2. The summed E-state index contributed by atoms with van der Waals surface area (Å²) in [7, 11) is 0. The van der Waals surface area contributed by atoms with Gasteiger partial charge in [0, 0.05) is 8.59 Å². The van der Waals surface area contributed by atoms with Crippen molar-refractivity contribution >= 4 is 50.1 Å². The fourth-order valence-electron chi connectivity index (χ4n) is 1.56. The Morgan fingerprint density at radius 1 is 1.06 bits per heavy atom. The minimum Gasteiger partial charge on any atom is -0.204 e. The molecule has 2 rings (SSSR count). The molecule has 0 fully saturated rings. The molecule has 0 aliphatic heterocycles. The fourth-order valence-corrected chi connectivity index (χ4v) is 3.48. The molecule has 0 aliphatic carbocycles. The summed E-state index contributed by atoms with van der Waals surface area (Å²) in [4.78, 5) is -0.224. The van der Waals surface area contributed by atoms with Gasteiger partial charge in [-0.1, -0.05) is 33.6 Å². The highest BCUT2D eigenvalue weighted by molar-refractivity contribution is 14.1. The van der Waals surface area contributed by atoms with Crippen molar-refractivity contribution in [3.05, 3.63) is 67.8 Å². The molecule has 0 nitrogen and oxygen atoms in total. The average molecular weight is 443 g/mol. The molecule has 2 aromatic carbocycles. The largest absolute Gasteiger partial charge is 0.204 e. The Labute approximate surface area is 131 Å². The topological polar surface area (TPSA) is 0 Å². The first-order valence-electron chi connectivity index (χ1n) is 5.03. The lowest BCUT2D eigenvalue weighted by Gasteiger charge is -2.13. The molecule has 1 atom stereocenters. The second-order valence-electron chi connectivity index (χ2n) is 3.70. The van der Waals surface area contributed by atoms with Crippen LogP contribution in [0.2, 0.25) is 5.02 Å². The maximum Gasteiger partial charge on any atom is 0.159 e. The van der Waals surface area contributed by atoms with Gasteiger partial charge >= 0.3 is 0 Å². The van der Waals surface area contributed by atoms with Crippen molar-refractivity contribution in [1.29, 1.82) is 0 Å².